The molecule has 0 atom stereocenters. The highest BCUT2D eigenvalue weighted by molar-refractivity contribution is 6.35. The molecule has 2 aliphatic rings. The molecular weight excluding hydrogens is 483 g/mol. The van der Waals surface area contributed by atoms with Crippen LogP contribution < -0.4 is 14.4 Å². The van der Waals surface area contributed by atoms with Gasteiger partial charge in [-0.25, -0.2) is 0 Å². The first-order chi connectivity index (χ1) is 16.8. The van der Waals surface area contributed by atoms with E-state index in [-0.39, 0.29) is 5.78 Å². The highest BCUT2D eigenvalue weighted by Crippen LogP contribution is 2.43. The third-order valence-electron chi connectivity index (χ3n) is 6.42. The summed E-state index contributed by atoms with van der Waals surface area (Å²) in [6.45, 7) is 3.87. The van der Waals surface area contributed by atoms with Crippen LogP contribution in [0.15, 0.2) is 54.3 Å². The molecule has 0 aromatic heterocycles. The second kappa shape index (κ2) is 9.57. The van der Waals surface area contributed by atoms with Gasteiger partial charge in [-0.05, 0) is 60.9 Å². The van der Waals surface area contributed by atoms with Gasteiger partial charge in [0.05, 0.1) is 5.56 Å². The minimum atomic E-state index is -0.104. The van der Waals surface area contributed by atoms with Gasteiger partial charge in [0.1, 0.15) is 18.2 Å². The molecule has 0 amide bonds. The van der Waals surface area contributed by atoms with Gasteiger partial charge in [0.25, 0.3) is 0 Å². The maximum Gasteiger partial charge on any atom is 0.231 e. The third-order valence-corrected chi connectivity index (χ3v) is 7.01. The lowest BCUT2D eigenvalue weighted by atomic mass is 10.00. The Morgan fingerprint density at radius 2 is 1.83 bits per heavy atom. The number of allylic oxidation sites excluding steroid dienone is 1. The van der Waals surface area contributed by atoms with E-state index in [0.29, 0.717) is 40.4 Å². The van der Waals surface area contributed by atoms with E-state index in [2.05, 4.69) is 4.90 Å². The first-order valence-electron chi connectivity index (χ1n) is 11.5. The molecule has 0 unspecified atom stereocenters. The highest BCUT2D eigenvalue weighted by Gasteiger charge is 2.33. The summed E-state index contributed by atoms with van der Waals surface area (Å²) >= 11 is 12.3. The van der Waals surface area contributed by atoms with Crippen molar-refractivity contribution in [2.75, 3.05) is 32.3 Å². The number of carbonyl (C=O) groups is 1. The summed E-state index contributed by atoms with van der Waals surface area (Å²) in [6, 6.07) is 15.5. The summed E-state index contributed by atoms with van der Waals surface area (Å²) in [5.41, 5.74) is 5.49. The molecule has 2 aliphatic heterocycles. The number of fused-ring (bicyclic) bond motifs is 2. The standard InChI is InChI=1S/C28H26Cl2N2O3/c1-17-27-20(15-32(16-34-27)11-10-19-6-7-21(29)14-24(19)30)13-23-26(33)25(35-28(17)23)12-18-4-8-22(9-5-18)31(2)3/h4-9,12-14H,10-11,15-16H2,1-3H3/b25-12-. The van der Waals surface area contributed by atoms with Crippen molar-refractivity contribution < 1.29 is 14.3 Å². The SMILES string of the molecule is Cc1c2c(cc3c1O/C(=C\c1ccc(N(C)C)cc1)C3=O)CN(CCc1ccc(Cl)cc1Cl)CO2. The molecule has 0 bridgehead atoms. The van der Waals surface area contributed by atoms with Crippen molar-refractivity contribution in [2.24, 2.45) is 0 Å². The molecule has 0 aliphatic carbocycles. The fourth-order valence-electron chi connectivity index (χ4n) is 4.46. The number of rotatable bonds is 5. The predicted molar refractivity (Wildman–Crippen MR) is 141 cm³/mol. The first kappa shape index (κ1) is 23.7. The Labute approximate surface area is 215 Å². The van der Waals surface area contributed by atoms with Crippen LogP contribution in [0.3, 0.4) is 0 Å². The molecule has 7 heteroatoms. The Hall–Kier alpha value is -2.99. The highest BCUT2D eigenvalue weighted by atomic mass is 35.5. The van der Waals surface area contributed by atoms with E-state index in [1.807, 2.05) is 68.4 Å². The van der Waals surface area contributed by atoms with Crippen molar-refractivity contribution in [1.29, 1.82) is 0 Å². The molecule has 35 heavy (non-hydrogen) atoms. The Morgan fingerprint density at radius 1 is 1.06 bits per heavy atom. The van der Waals surface area contributed by atoms with Gasteiger partial charge in [0, 0.05) is 54.0 Å². The Morgan fingerprint density at radius 3 is 2.54 bits per heavy atom. The molecule has 0 spiro atoms. The molecule has 2 heterocycles. The lowest BCUT2D eigenvalue weighted by Crippen LogP contribution is -2.34. The molecule has 0 saturated heterocycles. The van der Waals surface area contributed by atoms with Crippen molar-refractivity contribution in [1.82, 2.24) is 4.90 Å². The average Bonchev–Trinajstić information content (AvgIpc) is 3.14. The zero-order valence-corrected chi connectivity index (χ0v) is 21.4. The van der Waals surface area contributed by atoms with Gasteiger partial charge in [-0.1, -0.05) is 41.4 Å². The lowest BCUT2D eigenvalue weighted by molar-refractivity contribution is 0.0954. The topological polar surface area (TPSA) is 42.0 Å². The van der Waals surface area contributed by atoms with Gasteiger partial charge in [-0.15, -0.1) is 0 Å². The molecule has 0 saturated carbocycles. The molecule has 3 aromatic carbocycles. The van der Waals surface area contributed by atoms with Crippen molar-refractivity contribution in [3.05, 3.63) is 92.2 Å². The van der Waals surface area contributed by atoms with Crippen LogP contribution in [-0.2, 0) is 13.0 Å². The smallest absolute Gasteiger partial charge is 0.231 e. The van der Waals surface area contributed by atoms with E-state index in [1.54, 1.807) is 12.1 Å². The van der Waals surface area contributed by atoms with Crippen LogP contribution in [0.4, 0.5) is 5.69 Å². The number of ether oxygens (including phenoxy) is 2. The van der Waals surface area contributed by atoms with Crippen LogP contribution in [0.2, 0.25) is 10.0 Å². The number of hydrogen-bond acceptors (Lipinski definition) is 5. The third kappa shape index (κ3) is 4.76. The Bertz CT molecular complexity index is 1330. The zero-order valence-electron chi connectivity index (χ0n) is 19.9. The summed E-state index contributed by atoms with van der Waals surface area (Å²) in [4.78, 5) is 17.4. The van der Waals surface area contributed by atoms with Gasteiger partial charge < -0.3 is 14.4 Å². The summed E-state index contributed by atoms with van der Waals surface area (Å²) in [6.07, 6.45) is 2.57. The molecule has 5 nitrogen and oxygen atoms in total. The van der Waals surface area contributed by atoms with Gasteiger partial charge >= 0.3 is 0 Å². The van der Waals surface area contributed by atoms with Crippen LogP contribution in [0, 0.1) is 6.92 Å². The van der Waals surface area contributed by atoms with Crippen LogP contribution >= 0.6 is 23.2 Å². The predicted octanol–water partition coefficient (Wildman–Crippen LogP) is 6.38. The Kier molecular flexibility index (Phi) is 6.49. The maximum atomic E-state index is 13.2. The van der Waals surface area contributed by atoms with E-state index in [4.69, 9.17) is 32.7 Å². The van der Waals surface area contributed by atoms with Crippen molar-refractivity contribution in [3.8, 4) is 11.5 Å². The summed E-state index contributed by atoms with van der Waals surface area (Å²) in [7, 11) is 3.99. The number of hydrogen-bond donors (Lipinski definition) is 0. The van der Waals surface area contributed by atoms with E-state index in [9.17, 15) is 4.79 Å². The van der Waals surface area contributed by atoms with Gasteiger partial charge in [-0.2, -0.15) is 0 Å². The fraction of sp³-hybridized carbons (Fsp3) is 0.250. The second-order valence-corrected chi connectivity index (χ2v) is 9.95. The maximum absolute atomic E-state index is 13.2. The molecule has 180 valence electrons. The van der Waals surface area contributed by atoms with Crippen molar-refractivity contribution in [2.45, 2.75) is 19.9 Å². The van der Waals surface area contributed by atoms with Gasteiger partial charge in [0.2, 0.25) is 5.78 Å². The molecule has 5 rings (SSSR count). The minimum absolute atomic E-state index is 0.104. The monoisotopic (exact) mass is 508 g/mol. The number of anilines is 1. The van der Waals surface area contributed by atoms with E-state index in [0.717, 1.165) is 46.7 Å². The molecule has 0 N–H and O–H groups in total. The summed E-state index contributed by atoms with van der Waals surface area (Å²) in [5.74, 6) is 1.62. The second-order valence-electron chi connectivity index (χ2n) is 9.10. The number of carbonyl (C=O) groups excluding carboxylic acids is 1. The van der Waals surface area contributed by atoms with Gasteiger partial charge in [0.15, 0.2) is 5.76 Å². The largest absolute Gasteiger partial charge is 0.477 e. The zero-order chi connectivity index (χ0) is 24.7. The van der Waals surface area contributed by atoms with E-state index >= 15 is 0 Å². The van der Waals surface area contributed by atoms with Crippen molar-refractivity contribution in [3.63, 3.8) is 0 Å². The van der Waals surface area contributed by atoms with Gasteiger partial charge in [-0.3, -0.25) is 9.69 Å². The molecular formula is C28H26Cl2N2O3. The van der Waals surface area contributed by atoms with Crippen LogP contribution in [0.1, 0.15) is 32.6 Å². The Balaban J connectivity index is 1.34. The number of halogens is 2. The van der Waals surface area contributed by atoms with E-state index < -0.39 is 0 Å². The fourth-order valence-corrected chi connectivity index (χ4v) is 4.97. The van der Waals surface area contributed by atoms with Crippen LogP contribution in [-0.4, -0.2) is 38.1 Å². The van der Waals surface area contributed by atoms with Crippen molar-refractivity contribution >= 4 is 40.7 Å². The number of Topliss-reactive ketones (excluding diaryl/α,β-unsaturated/α-hetero) is 1. The molecule has 0 fully saturated rings. The molecule has 0 radical (unpaired) electrons. The average molecular weight is 509 g/mol. The first-order valence-corrected chi connectivity index (χ1v) is 12.2. The number of ketones is 1. The summed E-state index contributed by atoms with van der Waals surface area (Å²) < 4.78 is 12.1. The quantitative estimate of drug-likeness (QED) is 0.374. The minimum Gasteiger partial charge on any atom is -0.477 e. The number of benzene rings is 3. The lowest BCUT2D eigenvalue weighted by Gasteiger charge is -2.30. The molecule has 3 aromatic rings. The van der Waals surface area contributed by atoms with Crippen LogP contribution in [0.5, 0.6) is 11.5 Å². The normalized spacial score (nSPS) is 16.0. The number of nitrogens with zero attached hydrogens (tertiary/aromatic N) is 2. The van der Waals surface area contributed by atoms with Crippen LogP contribution in [0.25, 0.3) is 6.08 Å². The summed E-state index contributed by atoms with van der Waals surface area (Å²) in [5, 5.41) is 1.30. The van der Waals surface area contributed by atoms with E-state index in [1.165, 1.54) is 0 Å².